The summed E-state index contributed by atoms with van der Waals surface area (Å²) in [5.41, 5.74) is 19.1. The molecule has 1 saturated carbocycles. The third kappa shape index (κ3) is 1.87. The van der Waals surface area contributed by atoms with Gasteiger partial charge in [-0.2, -0.15) is 0 Å². The fraction of sp³-hybridized carbons (Fsp3) is 0.327. The summed E-state index contributed by atoms with van der Waals surface area (Å²) >= 11 is 1.99. The first-order valence-corrected chi connectivity index (χ1v) is 21.0. The van der Waals surface area contributed by atoms with Crippen LogP contribution in [0.5, 0.6) is 0 Å². The average molecular weight is 683 g/mol. The number of rotatable bonds is 5. The second-order valence-corrected chi connectivity index (χ2v) is 20.0. The van der Waals surface area contributed by atoms with E-state index in [1.54, 1.807) is 132 Å². The molecule has 10 aliphatic rings. The van der Waals surface area contributed by atoms with Gasteiger partial charge in [0.2, 0.25) is 0 Å². The maximum absolute atomic E-state index is 12.7. The average Bonchev–Trinajstić information content (AvgIpc) is 3.93. The SMILES string of the molecule is COC(=O)CCCC1(c2cccs2)C2c3cc4c5c6c3c3c7c8c9c%10c%11c%12c%13c%14c(cc%15c%16c(c(c%11c%14%16)c6c3%10)C5C(C=4)C%15)CC%13=CC(CC8CC721)C%129. The minimum atomic E-state index is -0.0626. The Morgan fingerprint density at radius 2 is 1.65 bits per heavy atom. The van der Waals surface area contributed by atoms with Crippen molar-refractivity contribution in [1.29, 1.82) is 0 Å². The van der Waals surface area contributed by atoms with Crippen LogP contribution >= 0.6 is 11.3 Å². The molecule has 1 aromatic heterocycles. The molecule has 0 bridgehead atoms. The minimum absolute atomic E-state index is 0.0261. The van der Waals surface area contributed by atoms with Crippen LogP contribution in [0.1, 0.15) is 116 Å². The van der Waals surface area contributed by atoms with E-state index in [0.717, 1.165) is 19.3 Å². The van der Waals surface area contributed by atoms with Gasteiger partial charge in [0.1, 0.15) is 0 Å². The highest BCUT2D eigenvalue weighted by molar-refractivity contribution is 7.10. The van der Waals surface area contributed by atoms with Crippen molar-refractivity contribution in [2.75, 3.05) is 7.11 Å². The molecule has 0 saturated heterocycles. The Bertz CT molecular complexity index is 3430. The van der Waals surface area contributed by atoms with Crippen molar-refractivity contribution in [3.8, 4) is 0 Å². The maximum Gasteiger partial charge on any atom is 0.305 e. The normalized spacial score (nSPS) is 33.5. The maximum atomic E-state index is 12.7. The summed E-state index contributed by atoms with van der Waals surface area (Å²) in [6.45, 7) is 0. The van der Waals surface area contributed by atoms with E-state index in [-0.39, 0.29) is 16.8 Å². The molecule has 3 heteroatoms. The summed E-state index contributed by atoms with van der Waals surface area (Å²) in [7, 11) is 1.55. The van der Waals surface area contributed by atoms with Gasteiger partial charge in [-0.1, -0.05) is 30.4 Å². The quantitative estimate of drug-likeness (QED) is 0.133. The molecule has 52 heavy (non-hydrogen) atoms. The van der Waals surface area contributed by atoms with Gasteiger partial charge in [0.15, 0.2) is 0 Å². The molecule has 8 unspecified atom stereocenters. The Morgan fingerprint density at radius 3 is 2.54 bits per heavy atom. The van der Waals surface area contributed by atoms with Gasteiger partial charge in [-0.05, 0) is 199 Å². The minimum Gasteiger partial charge on any atom is -0.469 e. The second kappa shape index (κ2) is 6.75. The lowest BCUT2D eigenvalue weighted by molar-refractivity contribution is -0.140. The third-order valence-corrected chi connectivity index (χ3v) is 19.1. The van der Waals surface area contributed by atoms with Crippen molar-refractivity contribution in [1.82, 2.24) is 0 Å². The molecule has 244 valence electrons. The predicted molar refractivity (Wildman–Crippen MR) is 208 cm³/mol. The van der Waals surface area contributed by atoms with E-state index in [0.29, 0.717) is 41.9 Å². The molecule has 1 fully saturated rings. The van der Waals surface area contributed by atoms with E-state index >= 15 is 0 Å². The summed E-state index contributed by atoms with van der Waals surface area (Å²) in [5.74, 6) is 3.20. The van der Waals surface area contributed by atoms with Gasteiger partial charge in [-0.3, -0.25) is 4.79 Å². The van der Waals surface area contributed by atoms with Gasteiger partial charge in [0.25, 0.3) is 0 Å². The first-order chi connectivity index (χ1) is 25.7. The standard InChI is InChI=1S/C49H30O2S/c1-51-25(50)5-2-6-48(24-4-3-7-52-24)47-23-14-21-12-18-10-19-9-16-8-17-11-20-13-22-15-49(47,48)46-32(22)37-31(20)36-27(17)26(16)34-30(19)35-28(18)29(21)38-33(23)45(46)44-42(37)40(36)39(34)41(35)43(38)44/h3-4,7,9,11-12,14,18,20,22,28,31,47H,2,5-6,8,10,13,15H2,1H3. The number of hydrogen-bond donors (Lipinski definition) is 0. The van der Waals surface area contributed by atoms with Crippen LogP contribution in [0.25, 0.3) is 76.3 Å². The van der Waals surface area contributed by atoms with E-state index in [1.807, 2.05) is 22.5 Å². The molecule has 1 spiro atoms. The van der Waals surface area contributed by atoms with Gasteiger partial charge < -0.3 is 4.74 Å². The van der Waals surface area contributed by atoms with Crippen molar-refractivity contribution in [3.05, 3.63) is 101 Å². The van der Waals surface area contributed by atoms with Gasteiger partial charge in [0, 0.05) is 39.9 Å². The molecular weight excluding hydrogens is 653 g/mol. The number of thiophene rings is 1. The smallest absolute Gasteiger partial charge is 0.305 e. The first kappa shape index (κ1) is 24.7. The van der Waals surface area contributed by atoms with Gasteiger partial charge in [-0.15, -0.1) is 11.3 Å². The Kier molecular flexibility index (Phi) is 3.21. The topological polar surface area (TPSA) is 26.3 Å². The predicted octanol–water partition coefficient (Wildman–Crippen LogP) is 10.2. The summed E-state index contributed by atoms with van der Waals surface area (Å²) in [4.78, 5) is 14.2. The van der Waals surface area contributed by atoms with Crippen LogP contribution in [0.15, 0.2) is 35.7 Å². The van der Waals surface area contributed by atoms with Crippen LogP contribution in [0.4, 0.5) is 0 Å². The Morgan fingerprint density at radius 1 is 0.827 bits per heavy atom. The largest absolute Gasteiger partial charge is 0.469 e. The van der Waals surface area contributed by atoms with Gasteiger partial charge in [-0.25, -0.2) is 0 Å². The lowest BCUT2D eigenvalue weighted by Crippen LogP contribution is -2.24. The molecule has 0 amide bonds. The molecule has 1 heterocycles. The van der Waals surface area contributed by atoms with E-state index in [9.17, 15) is 4.79 Å². The molecule has 18 rings (SSSR count). The van der Waals surface area contributed by atoms with Crippen LogP contribution in [-0.2, 0) is 33.2 Å². The van der Waals surface area contributed by atoms with Gasteiger partial charge >= 0.3 is 5.97 Å². The Labute approximate surface area is 301 Å². The van der Waals surface area contributed by atoms with Crippen molar-refractivity contribution < 1.29 is 9.53 Å². The van der Waals surface area contributed by atoms with Crippen molar-refractivity contribution >= 4 is 93.6 Å². The van der Waals surface area contributed by atoms with Crippen LogP contribution in [-0.4, -0.2) is 13.1 Å². The highest BCUT2D eigenvalue weighted by Gasteiger charge is 2.82. The number of carbonyl (C=O) groups is 1. The number of methoxy groups -OCH3 is 1. The molecule has 8 atom stereocenters. The highest BCUT2D eigenvalue weighted by Crippen LogP contribution is 2.88. The van der Waals surface area contributed by atoms with E-state index in [2.05, 4.69) is 41.8 Å². The molecular formula is C49H30O2S. The lowest BCUT2D eigenvalue weighted by atomic mass is 9.66. The monoisotopic (exact) mass is 682 g/mol. The number of benzene rings is 5. The van der Waals surface area contributed by atoms with E-state index in [4.69, 9.17) is 4.74 Å². The zero-order valence-corrected chi connectivity index (χ0v) is 29.5. The molecule has 8 aromatic rings. The van der Waals surface area contributed by atoms with Crippen molar-refractivity contribution in [2.45, 2.75) is 79.4 Å². The molecule has 7 aromatic carbocycles. The van der Waals surface area contributed by atoms with Crippen LogP contribution in [0.2, 0.25) is 0 Å². The number of esters is 1. The molecule has 0 N–H and O–H groups in total. The zero-order chi connectivity index (χ0) is 32.8. The van der Waals surface area contributed by atoms with Crippen molar-refractivity contribution in [2.24, 2.45) is 11.8 Å². The highest BCUT2D eigenvalue weighted by atomic mass is 32.1. The Balaban J connectivity index is 1.13. The van der Waals surface area contributed by atoms with Gasteiger partial charge in [0.05, 0.1) is 7.11 Å². The molecule has 0 radical (unpaired) electrons. The fourth-order valence-electron chi connectivity index (χ4n) is 17.4. The fourth-order valence-corrected chi connectivity index (χ4v) is 18.4. The summed E-state index contributed by atoms with van der Waals surface area (Å²) in [6, 6.07) is 10.3. The second-order valence-electron chi connectivity index (χ2n) is 19.0. The molecule has 2 nitrogen and oxygen atoms in total. The van der Waals surface area contributed by atoms with Crippen molar-refractivity contribution in [3.63, 3.8) is 0 Å². The summed E-state index contributed by atoms with van der Waals surface area (Å²) in [6.07, 6.45) is 12.9. The van der Waals surface area contributed by atoms with Crippen LogP contribution in [0, 0.1) is 11.8 Å². The van der Waals surface area contributed by atoms with Crippen LogP contribution in [0.3, 0.4) is 0 Å². The number of hydrogen-bond acceptors (Lipinski definition) is 3. The lowest BCUT2D eigenvalue weighted by Gasteiger charge is -2.37. The zero-order valence-electron chi connectivity index (χ0n) is 28.7. The summed E-state index contributed by atoms with van der Waals surface area (Å²) < 4.78 is 5.23. The number of ether oxygens (including phenoxy) is 1. The van der Waals surface area contributed by atoms with E-state index in [1.165, 1.54) is 19.3 Å². The number of fused-ring (bicyclic) bond motifs is 1. The number of allylic oxidation sites excluding steroid dienone is 2. The van der Waals surface area contributed by atoms with Crippen LogP contribution < -0.4 is 5.22 Å². The van der Waals surface area contributed by atoms with E-state index < -0.39 is 0 Å². The third-order valence-electron chi connectivity index (χ3n) is 18.0. The number of carbonyl (C=O) groups excluding carboxylic acids is 1. The molecule has 10 aliphatic carbocycles. The Hall–Kier alpha value is -4.47. The first-order valence-electron chi connectivity index (χ1n) is 20.1. The summed E-state index contributed by atoms with van der Waals surface area (Å²) in [5, 5.41) is 24.2. The molecule has 0 aliphatic heterocycles.